The number of aryl methyl sites for hydroxylation is 1. The fraction of sp³-hybridized carbons (Fsp3) is 0.250. The minimum atomic E-state index is 0.614. The third-order valence-corrected chi connectivity index (χ3v) is 6.22. The van der Waals surface area contributed by atoms with Gasteiger partial charge in [0.2, 0.25) is 0 Å². The molecule has 4 aromatic rings. The molecule has 35 heavy (non-hydrogen) atoms. The number of unbranched alkanes of at least 4 members (excludes halogenated alkanes) is 2. The summed E-state index contributed by atoms with van der Waals surface area (Å²) >= 11 is 0. The third kappa shape index (κ3) is 4.62. The molecule has 1 aromatic heterocycles. The van der Waals surface area contributed by atoms with E-state index in [2.05, 4.69) is 69.4 Å². The highest BCUT2D eigenvalue weighted by Gasteiger charge is 2.24. The molecule has 0 bridgehead atoms. The molecule has 1 aliphatic heterocycles. The van der Waals surface area contributed by atoms with Crippen LogP contribution in [0.4, 0.5) is 11.4 Å². The third-order valence-electron chi connectivity index (χ3n) is 6.22. The zero-order chi connectivity index (χ0) is 24.2. The maximum absolute atomic E-state index is 4.81. The van der Waals surface area contributed by atoms with E-state index in [4.69, 9.17) is 4.99 Å². The van der Waals surface area contributed by atoms with Gasteiger partial charge in [-0.2, -0.15) is 5.10 Å². The van der Waals surface area contributed by atoms with Crippen LogP contribution in [0, 0.1) is 0 Å². The zero-order valence-electron chi connectivity index (χ0n) is 20.2. The van der Waals surface area contributed by atoms with Crippen LogP contribution in [-0.4, -0.2) is 39.8 Å². The van der Waals surface area contributed by atoms with Crippen molar-refractivity contribution in [1.29, 1.82) is 0 Å². The van der Waals surface area contributed by atoms with Crippen LogP contribution in [0.5, 0.6) is 0 Å². The van der Waals surface area contributed by atoms with Gasteiger partial charge in [0, 0.05) is 18.0 Å². The van der Waals surface area contributed by atoms with E-state index in [0.717, 1.165) is 51.6 Å². The van der Waals surface area contributed by atoms with E-state index in [1.807, 2.05) is 48.0 Å². The monoisotopic (exact) mass is 463 g/mol. The Hall–Kier alpha value is -4.13. The molecule has 0 saturated carbocycles. The van der Waals surface area contributed by atoms with Crippen LogP contribution in [0.15, 0.2) is 81.9 Å². The number of aliphatic imine (C=N–C) groups is 1. The first-order valence-corrected chi connectivity index (χ1v) is 12.1. The average Bonchev–Trinajstić information content (AvgIpc) is 3.31. The first-order valence-electron chi connectivity index (χ1n) is 12.1. The van der Waals surface area contributed by atoms with E-state index in [0.29, 0.717) is 6.54 Å². The van der Waals surface area contributed by atoms with E-state index in [9.17, 15) is 0 Å². The van der Waals surface area contributed by atoms with Crippen molar-refractivity contribution in [2.45, 2.75) is 39.5 Å². The highest BCUT2D eigenvalue weighted by Crippen LogP contribution is 2.36. The Morgan fingerprint density at radius 1 is 1.03 bits per heavy atom. The molecule has 0 amide bonds. The highest BCUT2D eigenvalue weighted by atomic mass is 15.4. The van der Waals surface area contributed by atoms with Crippen LogP contribution < -0.4 is 4.90 Å². The summed E-state index contributed by atoms with van der Waals surface area (Å²) in [7, 11) is 0. The Morgan fingerprint density at radius 3 is 2.77 bits per heavy atom. The molecule has 0 atom stereocenters. The van der Waals surface area contributed by atoms with Crippen LogP contribution in [0.3, 0.4) is 0 Å². The van der Waals surface area contributed by atoms with Gasteiger partial charge in [-0.3, -0.25) is 4.99 Å². The fourth-order valence-corrected chi connectivity index (χ4v) is 4.54. The van der Waals surface area contributed by atoms with Gasteiger partial charge in [-0.05, 0) is 61.7 Å². The lowest BCUT2D eigenvalue weighted by Crippen LogP contribution is -2.37. The van der Waals surface area contributed by atoms with Crippen molar-refractivity contribution in [1.82, 2.24) is 15.0 Å². The van der Waals surface area contributed by atoms with Crippen LogP contribution >= 0.6 is 0 Å². The maximum Gasteiger partial charge on any atom is 0.163 e. The number of aromatic nitrogens is 3. The number of anilines is 1. The predicted molar refractivity (Wildman–Crippen MR) is 145 cm³/mol. The molecule has 5 rings (SSSR count). The summed E-state index contributed by atoms with van der Waals surface area (Å²) < 4.78 is 1.86. The normalized spacial score (nSPS) is 13.6. The zero-order valence-corrected chi connectivity index (χ0v) is 20.2. The number of fused-ring (bicyclic) bond motifs is 2. The fourth-order valence-electron chi connectivity index (χ4n) is 4.54. The number of rotatable bonds is 7. The van der Waals surface area contributed by atoms with Gasteiger partial charge in [-0.1, -0.05) is 55.3 Å². The van der Waals surface area contributed by atoms with Gasteiger partial charge in [0.1, 0.15) is 5.52 Å². The lowest BCUT2D eigenvalue weighted by molar-refractivity contribution is 0.717. The SMILES string of the molecule is C=N/N=C(/c1cccc(CCCCC)c1)N1CC(C)=Nc2ccc(-n3nnc4ccccc43)cc21. The standard InChI is InChI=1S/C28H29N7/c1-4-5-6-10-21-11-9-12-22(17-21)28(32-29-3)34-19-20(2)30-24-16-15-23(18-27(24)34)35-26-14-8-7-13-25(26)31-33-35/h7-9,11-18H,3-6,10,19H2,1-2H3/b32-28-. The number of amidine groups is 1. The summed E-state index contributed by atoms with van der Waals surface area (Å²) in [5.74, 6) is 0.758. The van der Waals surface area contributed by atoms with E-state index < -0.39 is 0 Å². The number of hydrogen-bond acceptors (Lipinski definition) is 5. The molecule has 0 unspecified atom stereocenters. The lowest BCUT2D eigenvalue weighted by atomic mass is 10.0. The van der Waals surface area contributed by atoms with Crippen LogP contribution in [0.1, 0.15) is 44.2 Å². The summed E-state index contributed by atoms with van der Waals surface area (Å²) in [4.78, 5) is 6.98. The Labute approximate surface area is 205 Å². The number of nitrogens with zero attached hydrogens (tertiary/aromatic N) is 7. The molecule has 2 heterocycles. The smallest absolute Gasteiger partial charge is 0.163 e. The molecule has 3 aromatic carbocycles. The Kier molecular flexibility index (Phi) is 6.48. The van der Waals surface area contributed by atoms with E-state index >= 15 is 0 Å². The Morgan fingerprint density at radius 2 is 1.91 bits per heavy atom. The highest BCUT2D eigenvalue weighted by molar-refractivity contribution is 6.15. The molecule has 0 saturated heterocycles. The van der Waals surface area contributed by atoms with E-state index in [-0.39, 0.29) is 0 Å². The minimum Gasteiger partial charge on any atom is -0.317 e. The molecule has 7 nitrogen and oxygen atoms in total. The molecule has 1 aliphatic rings. The van der Waals surface area contributed by atoms with Gasteiger partial charge < -0.3 is 4.90 Å². The number of benzene rings is 3. The van der Waals surface area contributed by atoms with Gasteiger partial charge >= 0.3 is 0 Å². The van der Waals surface area contributed by atoms with Gasteiger partial charge in [-0.15, -0.1) is 10.2 Å². The van der Waals surface area contributed by atoms with Gasteiger partial charge in [0.05, 0.1) is 29.1 Å². The van der Waals surface area contributed by atoms with Crippen LogP contribution in [0.2, 0.25) is 0 Å². The van der Waals surface area contributed by atoms with E-state index in [1.165, 1.54) is 24.8 Å². The van der Waals surface area contributed by atoms with Gasteiger partial charge in [0.15, 0.2) is 5.84 Å². The van der Waals surface area contributed by atoms with Crippen LogP contribution in [-0.2, 0) is 6.42 Å². The van der Waals surface area contributed by atoms with Crippen molar-refractivity contribution < 1.29 is 0 Å². The van der Waals surface area contributed by atoms with Crippen molar-refractivity contribution in [2.75, 3.05) is 11.4 Å². The summed E-state index contributed by atoms with van der Waals surface area (Å²) in [6.07, 6.45) is 4.67. The van der Waals surface area contributed by atoms with Crippen molar-refractivity contribution in [2.24, 2.45) is 15.2 Å². The summed E-state index contributed by atoms with van der Waals surface area (Å²) in [6, 6.07) is 22.7. The Bertz CT molecular complexity index is 1430. The quantitative estimate of drug-likeness (QED) is 0.143. The molecule has 176 valence electrons. The predicted octanol–water partition coefficient (Wildman–Crippen LogP) is 6.13. The number of hydrogen-bond donors (Lipinski definition) is 0. The van der Waals surface area contributed by atoms with Crippen molar-refractivity contribution in [3.05, 3.63) is 77.9 Å². The molecule has 0 aliphatic carbocycles. The molecule has 0 fully saturated rings. The minimum absolute atomic E-state index is 0.614. The first kappa shape index (κ1) is 22.7. The lowest BCUT2D eigenvalue weighted by Gasteiger charge is -2.30. The number of para-hydroxylation sites is 1. The van der Waals surface area contributed by atoms with Crippen molar-refractivity contribution in [3.8, 4) is 5.69 Å². The second-order valence-electron chi connectivity index (χ2n) is 8.82. The summed E-state index contributed by atoms with van der Waals surface area (Å²) in [5.41, 5.74) is 7.89. The first-order chi connectivity index (χ1) is 17.2. The molecule has 7 heteroatoms. The van der Waals surface area contributed by atoms with Gasteiger partial charge in [0.25, 0.3) is 0 Å². The van der Waals surface area contributed by atoms with Crippen molar-refractivity contribution in [3.63, 3.8) is 0 Å². The van der Waals surface area contributed by atoms with Gasteiger partial charge in [-0.25, -0.2) is 4.68 Å². The summed E-state index contributed by atoms with van der Waals surface area (Å²) in [6.45, 7) is 8.53. The van der Waals surface area contributed by atoms with E-state index in [1.54, 1.807) is 0 Å². The molecule has 0 spiro atoms. The maximum atomic E-state index is 4.81. The average molecular weight is 464 g/mol. The topological polar surface area (TPSA) is 71.0 Å². The second-order valence-corrected chi connectivity index (χ2v) is 8.82. The van der Waals surface area contributed by atoms with Crippen LogP contribution in [0.25, 0.3) is 16.7 Å². The molecule has 0 radical (unpaired) electrons. The second kappa shape index (κ2) is 10.0. The molecule has 0 N–H and O–H groups in total. The Balaban J connectivity index is 1.57. The molecular weight excluding hydrogens is 434 g/mol. The largest absolute Gasteiger partial charge is 0.317 e. The van der Waals surface area contributed by atoms with Crippen molar-refractivity contribution >= 4 is 40.7 Å². The molecular formula is C28H29N7. The summed E-state index contributed by atoms with van der Waals surface area (Å²) in [5, 5.41) is 17.1.